The van der Waals surface area contributed by atoms with E-state index in [1.54, 1.807) is 0 Å². The number of esters is 1. The highest BCUT2D eigenvalue weighted by atomic mass is 79.9. The number of carbonyl (C=O) groups is 1. The van der Waals surface area contributed by atoms with Crippen LogP contribution in [0.4, 0.5) is 5.69 Å². The van der Waals surface area contributed by atoms with Crippen molar-refractivity contribution in [1.82, 2.24) is 0 Å². The molecule has 3 nitrogen and oxygen atoms in total. The van der Waals surface area contributed by atoms with E-state index in [0.717, 1.165) is 28.8 Å². The lowest BCUT2D eigenvalue weighted by Gasteiger charge is -2.21. The first-order valence-electron chi connectivity index (χ1n) is 7.49. The molecule has 0 radical (unpaired) electrons. The lowest BCUT2D eigenvalue weighted by molar-refractivity contribution is 0.0473. The molecule has 114 valence electrons. The van der Waals surface area contributed by atoms with Crippen molar-refractivity contribution in [3.63, 3.8) is 0 Å². The fourth-order valence-electron chi connectivity index (χ4n) is 2.71. The van der Waals surface area contributed by atoms with E-state index in [-0.39, 0.29) is 5.97 Å². The number of anilines is 1. The molecular formula is C18H18BrNO2. The molecule has 0 aromatic heterocycles. The Morgan fingerprint density at radius 1 is 1.09 bits per heavy atom. The molecule has 0 spiro atoms. The Hall–Kier alpha value is -1.81. The molecule has 2 aromatic rings. The van der Waals surface area contributed by atoms with Crippen LogP contribution in [0.5, 0.6) is 0 Å². The topological polar surface area (TPSA) is 29.5 Å². The molecule has 4 heteroatoms. The average Bonchev–Trinajstić information content (AvgIpc) is 3.08. The van der Waals surface area contributed by atoms with Crippen LogP contribution in [0, 0.1) is 0 Å². The molecule has 1 aliphatic rings. The van der Waals surface area contributed by atoms with Crippen LogP contribution in [0.1, 0.15) is 28.8 Å². The zero-order valence-corrected chi connectivity index (χ0v) is 13.9. The predicted molar refractivity (Wildman–Crippen MR) is 91.2 cm³/mol. The molecule has 3 rings (SSSR count). The summed E-state index contributed by atoms with van der Waals surface area (Å²) >= 11 is 3.44. The Labute approximate surface area is 139 Å². The van der Waals surface area contributed by atoms with Gasteiger partial charge in [-0.05, 0) is 36.6 Å². The van der Waals surface area contributed by atoms with Gasteiger partial charge in [-0.25, -0.2) is 4.79 Å². The van der Waals surface area contributed by atoms with E-state index >= 15 is 0 Å². The maximum Gasteiger partial charge on any atom is 0.340 e. The van der Waals surface area contributed by atoms with E-state index in [4.69, 9.17) is 4.74 Å². The van der Waals surface area contributed by atoms with Gasteiger partial charge in [0, 0.05) is 17.6 Å². The van der Waals surface area contributed by atoms with Gasteiger partial charge in [-0.3, -0.25) is 0 Å². The van der Waals surface area contributed by atoms with Gasteiger partial charge in [0.15, 0.2) is 0 Å². The number of hydrogen-bond donors (Lipinski definition) is 0. The average molecular weight is 360 g/mol. The van der Waals surface area contributed by atoms with Crippen molar-refractivity contribution in [2.24, 2.45) is 0 Å². The van der Waals surface area contributed by atoms with Gasteiger partial charge in [0.2, 0.25) is 0 Å². The molecule has 1 aliphatic heterocycles. The molecule has 1 heterocycles. The summed E-state index contributed by atoms with van der Waals surface area (Å²) < 4.78 is 6.37. The van der Waals surface area contributed by atoms with Crippen molar-refractivity contribution in [2.45, 2.75) is 19.4 Å². The van der Waals surface area contributed by atoms with Gasteiger partial charge in [-0.1, -0.05) is 46.3 Å². The van der Waals surface area contributed by atoms with Gasteiger partial charge in [0.25, 0.3) is 0 Å². The third-order valence-electron chi connectivity index (χ3n) is 3.84. The van der Waals surface area contributed by atoms with Crippen LogP contribution in [0.2, 0.25) is 0 Å². The summed E-state index contributed by atoms with van der Waals surface area (Å²) in [6.07, 6.45) is 2.35. The molecule has 0 atom stereocenters. The maximum atomic E-state index is 12.5. The number of carbonyl (C=O) groups excluding carboxylic acids is 1. The van der Waals surface area contributed by atoms with Crippen molar-refractivity contribution in [3.8, 4) is 0 Å². The van der Waals surface area contributed by atoms with Crippen LogP contribution >= 0.6 is 15.9 Å². The minimum atomic E-state index is -0.271. The second kappa shape index (κ2) is 6.97. The van der Waals surface area contributed by atoms with Crippen molar-refractivity contribution in [1.29, 1.82) is 0 Å². The minimum absolute atomic E-state index is 0.271. The summed E-state index contributed by atoms with van der Waals surface area (Å²) in [5.41, 5.74) is 2.60. The number of ether oxygens (including phenoxy) is 1. The lowest BCUT2D eigenvalue weighted by Crippen LogP contribution is -2.21. The summed E-state index contributed by atoms with van der Waals surface area (Å²) in [6.45, 7) is 2.30. The molecule has 0 unspecified atom stereocenters. The summed E-state index contributed by atoms with van der Waals surface area (Å²) in [5.74, 6) is -0.271. The number of hydrogen-bond acceptors (Lipinski definition) is 3. The van der Waals surface area contributed by atoms with E-state index in [9.17, 15) is 4.79 Å². The van der Waals surface area contributed by atoms with E-state index in [0.29, 0.717) is 12.2 Å². The molecule has 1 fully saturated rings. The Morgan fingerprint density at radius 2 is 1.82 bits per heavy atom. The number of benzene rings is 2. The van der Waals surface area contributed by atoms with E-state index in [1.165, 1.54) is 12.8 Å². The Bertz CT molecular complexity index is 651. The van der Waals surface area contributed by atoms with Gasteiger partial charge in [0.1, 0.15) is 6.61 Å². The van der Waals surface area contributed by atoms with Crippen LogP contribution in [0.25, 0.3) is 0 Å². The normalized spacial score (nSPS) is 14.1. The van der Waals surface area contributed by atoms with Crippen LogP contribution in [-0.2, 0) is 11.3 Å². The monoisotopic (exact) mass is 359 g/mol. The molecule has 1 saturated heterocycles. The minimum Gasteiger partial charge on any atom is -0.457 e. The molecular weight excluding hydrogens is 342 g/mol. The molecule has 0 N–H and O–H groups in total. The first kappa shape index (κ1) is 15.1. The second-order valence-corrected chi connectivity index (χ2v) is 6.33. The van der Waals surface area contributed by atoms with E-state index in [2.05, 4.69) is 20.8 Å². The largest absolute Gasteiger partial charge is 0.457 e. The van der Waals surface area contributed by atoms with Gasteiger partial charge in [-0.2, -0.15) is 0 Å². The predicted octanol–water partition coefficient (Wildman–Crippen LogP) is 4.41. The van der Waals surface area contributed by atoms with Crippen molar-refractivity contribution in [3.05, 3.63) is 64.1 Å². The van der Waals surface area contributed by atoms with Gasteiger partial charge in [-0.15, -0.1) is 0 Å². The molecule has 22 heavy (non-hydrogen) atoms. The Kier molecular flexibility index (Phi) is 4.78. The summed E-state index contributed by atoms with van der Waals surface area (Å²) in [6, 6.07) is 15.6. The quantitative estimate of drug-likeness (QED) is 0.757. The molecule has 0 amide bonds. The van der Waals surface area contributed by atoms with Crippen LogP contribution in [0.15, 0.2) is 53.0 Å². The fourth-order valence-corrected chi connectivity index (χ4v) is 3.07. The second-order valence-electron chi connectivity index (χ2n) is 5.42. The lowest BCUT2D eigenvalue weighted by atomic mass is 10.1. The molecule has 0 aliphatic carbocycles. The fraction of sp³-hybridized carbons (Fsp3) is 0.278. The highest BCUT2D eigenvalue weighted by Crippen LogP contribution is 2.28. The third-order valence-corrected chi connectivity index (χ3v) is 4.33. The summed E-state index contributed by atoms with van der Waals surface area (Å²) in [7, 11) is 0. The SMILES string of the molecule is O=C(OCc1ccccc1)c1cc(Br)ccc1N1CCCC1. The first-order valence-corrected chi connectivity index (χ1v) is 8.29. The smallest absolute Gasteiger partial charge is 0.340 e. The van der Waals surface area contributed by atoms with Crippen molar-refractivity contribution < 1.29 is 9.53 Å². The van der Waals surface area contributed by atoms with Gasteiger partial charge >= 0.3 is 5.97 Å². The van der Waals surface area contributed by atoms with Crippen molar-refractivity contribution in [2.75, 3.05) is 18.0 Å². The zero-order valence-electron chi connectivity index (χ0n) is 12.3. The summed E-state index contributed by atoms with van der Waals surface area (Å²) in [5, 5.41) is 0. The van der Waals surface area contributed by atoms with Crippen LogP contribution in [-0.4, -0.2) is 19.1 Å². The van der Waals surface area contributed by atoms with Crippen LogP contribution in [0.3, 0.4) is 0 Å². The highest BCUT2D eigenvalue weighted by molar-refractivity contribution is 9.10. The van der Waals surface area contributed by atoms with Crippen molar-refractivity contribution >= 4 is 27.6 Å². The Balaban J connectivity index is 1.77. The van der Waals surface area contributed by atoms with E-state index in [1.807, 2.05) is 48.5 Å². The summed E-state index contributed by atoms with van der Waals surface area (Å²) in [4.78, 5) is 14.7. The number of rotatable bonds is 4. The van der Waals surface area contributed by atoms with Gasteiger partial charge in [0.05, 0.1) is 11.3 Å². The number of nitrogens with zero attached hydrogens (tertiary/aromatic N) is 1. The Morgan fingerprint density at radius 3 is 2.55 bits per heavy atom. The molecule has 2 aromatic carbocycles. The molecule has 0 saturated carbocycles. The third kappa shape index (κ3) is 3.50. The zero-order chi connectivity index (χ0) is 15.4. The maximum absolute atomic E-state index is 12.5. The first-order chi connectivity index (χ1) is 10.7. The van der Waals surface area contributed by atoms with E-state index < -0.39 is 0 Å². The standard InChI is InChI=1S/C18H18BrNO2/c19-15-8-9-17(20-10-4-5-11-20)16(12-15)18(21)22-13-14-6-2-1-3-7-14/h1-3,6-9,12H,4-5,10-11,13H2. The molecule has 0 bridgehead atoms. The highest BCUT2D eigenvalue weighted by Gasteiger charge is 2.20. The number of halogens is 1. The van der Waals surface area contributed by atoms with Crippen LogP contribution < -0.4 is 4.90 Å². The van der Waals surface area contributed by atoms with Gasteiger partial charge < -0.3 is 9.64 Å².